The van der Waals surface area contributed by atoms with E-state index < -0.39 is 0 Å². The van der Waals surface area contributed by atoms with Gasteiger partial charge in [0, 0.05) is 12.1 Å². The highest BCUT2D eigenvalue weighted by molar-refractivity contribution is 5.74. The van der Waals surface area contributed by atoms with Gasteiger partial charge in [0.05, 0.1) is 12.6 Å². The van der Waals surface area contributed by atoms with Gasteiger partial charge in [0.25, 0.3) is 0 Å². The molecule has 6 heteroatoms. The first-order valence-corrected chi connectivity index (χ1v) is 9.18. The molecule has 6 nitrogen and oxygen atoms in total. The summed E-state index contributed by atoms with van der Waals surface area (Å²) in [6.07, 6.45) is 6.83. The SMILES string of the molecule is CCC(CO)NC(=O)NCC1(N2CCCCC2)CCN(C)CC1. The van der Waals surface area contributed by atoms with Crippen LogP contribution in [-0.4, -0.2) is 78.9 Å². The number of piperidine rings is 2. The molecule has 1 atom stereocenters. The van der Waals surface area contributed by atoms with E-state index in [1.807, 2.05) is 6.92 Å². The van der Waals surface area contributed by atoms with Gasteiger partial charge in [-0.2, -0.15) is 0 Å². The smallest absolute Gasteiger partial charge is 0.315 e. The lowest BCUT2D eigenvalue weighted by Crippen LogP contribution is -2.62. The molecule has 0 radical (unpaired) electrons. The Morgan fingerprint density at radius 2 is 1.83 bits per heavy atom. The number of carbonyl (C=O) groups excluding carboxylic acids is 1. The van der Waals surface area contributed by atoms with Gasteiger partial charge in [-0.15, -0.1) is 0 Å². The number of urea groups is 1. The lowest BCUT2D eigenvalue weighted by molar-refractivity contribution is 0.0161. The van der Waals surface area contributed by atoms with Crippen LogP contribution in [0.2, 0.25) is 0 Å². The van der Waals surface area contributed by atoms with Crippen molar-refractivity contribution in [1.82, 2.24) is 20.4 Å². The molecular weight excluding hydrogens is 292 g/mol. The molecule has 0 bridgehead atoms. The fourth-order valence-electron chi connectivity index (χ4n) is 3.77. The van der Waals surface area contributed by atoms with Crippen molar-refractivity contribution < 1.29 is 9.90 Å². The van der Waals surface area contributed by atoms with Crippen LogP contribution in [0.5, 0.6) is 0 Å². The average Bonchev–Trinajstić information content (AvgIpc) is 2.60. The number of carbonyl (C=O) groups is 1. The predicted molar refractivity (Wildman–Crippen MR) is 92.6 cm³/mol. The van der Waals surface area contributed by atoms with Crippen LogP contribution in [0, 0.1) is 0 Å². The summed E-state index contributed by atoms with van der Waals surface area (Å²) in [7, 11) is 2.17. The first-order chi connectivity index (χ1) is 11.1. The van der Waals surface area contributed by atoms with Gasteiger partial charge >= 0.3 is 6.03 Å². The van der Waals surface area contributed by atoms with Gasteiger partial charge in [-0.25, -0.2) is 4.79 Å². The van der Waals surface area contributed by atoms with Gasteiger partial charge in [0.2, 0.25) is 0 Å². The minimum absolute atomic E-state index is 0.00795. The zero-order valence-electron chi connectivity index (χ0n) is 14.8. The van der Waals surface area contributed by atoms with Gasteiger partial charge in [-0.3, -0.25) is 4.90 Å². The minimum atomic E-state index is -0.154. The van der Waals surface area contributed by atoms with E-state index in [0.717, 1.165) is 45.4 Å². The molecule has 2 heterocycles. The van der Waals surface area contributed by atoms with Gasteiger partial charge in [0.1, 0.15) is 0 Å². The summed E-state index contributed by atoms with van der Waals surface area (Å²) in [5, 5.41) is 15.2. The van der Waals surface area contributed by atoms with Crippen molar-refractivity contribution in [2.75, 3.05) is 46.4 Å². The molecule has 2 saturated heterocycles. The summed E-state index contributed by atoms with van der Waals surface area (Å²) in [4.78, 5) is 17.1. The first-order valence-electron chi connectivity index (χ1n) is 9.18. The van der Waals surface area contributed by atoms with E-state index in [2.05, 4.69) is 27.5 Å². The van der Waals surface area contributed by atoms with Crippen LogP contribution >= 0.6 is 0 Å². The molecule has 2 fully saturated rings. The quantitative estimate of drug-likeness (QED) is 0.681. The Balaban J connectivity index is 1.93. The topological polar surface area (TPSA) is 67.8 Å². The van der Waals surface area contributed by atoms with E-state index in [1.165, 1.54) is 19.3 Å². The van der Waals surface area contributed by atoms with E-state index >= 15 is 0 Å². The number of nitrogens with one attached hydrogen (secondary N) is 2. The molecule has 23 heavy (non-hydrogen) atoms. The summed E-state index contributed by atoms with van der Waals surface area (Å²) in [5.41, 5.74) is 0.102. The number of hydrogen-bond donors (Lipinski definition) is 3. The van der Waals surface area contributed by atoms with Gasteiger partial charge in [0.15, 0.2) is 0 Å². The Bertz CT molecular complexity index is 360. The maximum Gasteiger partial charge on any atom is 0.315 e. The summed E-state index contributed by atoms with van der Waals surface area (Å²) in [6, 6.07) is -0.306. The van der Waals surface area contributed by atoms with E-state index in [4.69, 9.17) is 0 Å². The second-order valence-corrected chi connectivity index (χ2v) is 7.19. The molecule has 1 unspecified atom stereocenters. The molecule has 0 aromatic heterocycles. The predicted octanol–water partition coefficient (Wildman–Crippen LogP) is 1.01. The van der Waals surface area contributed by atoms with Crippen LogP contribution in [0.15, 0.2) is 0 Å². The summed E-state index contributed by atoms with van der Waals surface area (Å²) < 4.78 is 0. The Hall–Kier alpha value is -0.850. The normalized spacial score (nSPS) is 24.1. The molecular formula is C17H34N4O2. The second-order valence-electron chi connectivity index (χ2n) is 7.19. The Morgan fingerprint density at radius 3 is 2.39 bits per heavy atom. The lowest BCUT2D eigenvalue weighted by Gasteiger charge is -2.50. The van der Waals surface area contributed by atoms with Gasteiger partial charge < -0.3 is 20.6 Å². The number of amides is 2. The fraction of sp³-hybridized carbons (Fsp3) is 0.941. The third-order valence-electron chi connectivity index (χ3n) is 5.57. The van der Waals surface area contributed by atoms with Crippen molar-refractivity contribution in [3.8, 4) is 0 Å². The maximum atomic E-state index is 12.1. The molecule has 0 aliphatic carbocycles. The van der Waals surface area contributed by atoms with Gasteiger partial charge in [-0.05, 0) is 65.3 Å². The average molecular weight is 326 g/mol. The zero-order valence-corrected chi connectivity index (χ0v) is 14.8. The van der Waals surface area contributed by atoms with Crippen molar-refractivity contribution in [2.45, 2.75) is 57.0 Å². The van der Waals surface area contributed by atoms with Crippen LogP contribution in [0.1, 0.15) is 45.4 Å². The zero-order chi connectivity index (χ0) is 16.7. The third kappa shape index (κ3) is 5.06. The largest absolute Gasteiger partial charge is 0.394 e. The summed E-state index contributed by atoms with van der Waals surface area (Å²) in [5.74, 6) is 0. The highest BCUT2D eigenvalue weighted by Gasteiger charge is 2.39. The van der Waals surface area contributed by atoms with E-state index in [0.29, 0.717) is 6.54 Å². The molecule has 3 N–H and O–H groups in total. The van der Waals surface area contributed by atoms with Crippen molar-refractivity contribution in [3.05, 3.63) is 0 Å². The number of aliphatic hydroxyl groups is 1. The first kappa shape index (κ1) is 18.5. The lowest BCUT2D eigenvalue weighted by atomic mass is 9.84. The molecule has 0 aromatic carbocycles. The van der Waals surface area contributed by atoms with Crippen LogP contribution in [0.4, 0.5) is 4.79 Å². The van der Waals surface area contributed by atoms with Crippen LogP contribution in [-0.2, 0) is 0 Å². The number of likely N-dealkylation sites (tertiary alicyclic amines) is 2. The molecule has 0 saturated carbocycles. The monoisotopic (exact) mass is 326 g/mol. The van der Waals surface area contributed by atoms with Crippen molar-refractivity contribution in [2.24, 2.45) is 0 Å². The number of aliphatic hydroxyl groups excluding tert-OH is 1. The maximum absolute atomic E-state index is 12.1. The van der Waals surface area contributed by atoms with E-state index in [-0.39, 0.29) is 24.2 Å². The number of nitrogens with zero attached hydrogens (tertiary/aromatic N) is 2. The Kier molecular flexibility index (Phi) is 7.11. The Labute approximate surface area is 140 Å². The van der Waals surface area contributed by atoms with E-state index in [1.54, 1.807) is 0 Å². The van der Waals surface area contributed by atoms with Crippen LogP contribution in [0.25, 0.3) is 0 Å². The summed E-state index contributed by atoms with van der Waals surface area (Å²) >= 11 is 0. The molecule has 0 aromatic rings. The molecule has 0 spiro atoms. The van der Waals surface area contributed by atoms with Crippen molar-refractivity contribution >= 4 is 6.03 Å². The number of rotatable bonds is 6. The van der Waals surface area contributed by atoms with E-state index in [9.17, 15) is 9.90 Å². The minimum Gasteiger partial charge on any atom is -0.394 e. The molecule has 2 amide bonds. The highest BCUT2D eigenvalue weighted by atomic mass is 16.3. The van der Waals surface area contributed by atoms with Crippen molar-refractivity contribution in [3.63, 3.8) is 0 Å². The second kappa shape index (κ2) is 8.85. The van der Waals surface area contributed by atoms with Crippen molar-refractivity contribution in [1.29, 1.82) is 0 Å². The Morgan fingerprint density at radius 1 is 1.17 bits per heavy atom. The molecule has 2 aliphatic heterocycles. The van der Waals surface area contributed by atoms with Crippen LogP contribution < -0.4 is 10.6 Å². The number of hydrogen-bond acceptors (Lipinski definition) is 4. The van der Waals surface area contributed by atoms with Gasteiger partial charge in [-0.1, -0.05) is 13.3 Å². The fourth-order valence-corrected chi connectivity index (χ4v) is 3.77. The van der Waals surface area contributed by atoms with Crippen LogP contribution in [0.3, 0.4) is 0 Å². The molecule has 2 aliphatic rings. The molecule has 134 valence electrons. The molecule has 2 rings (SSSR count). The highest BCUT2D eigenvalue weighted by Crippen LogP contribution is 2.30. The standard InChI is InChI=1S/C17H34N4O2/c1-3-15(13-22)19-16(23)18-14-17(7-11-20(2)12-8-17)21-9-5-4-6-10-21/h15,22H,3-14H2,1-2H3,(H2,18,19,23). The summed E-state index contributed by atoms with van der Waals surface area (Å²) in [6.45, 7) is 7.15. The third-order valence-corrected chi connectivity index (χ3v) is 5.57.